The van der Waals surface area contributed by atoms with Gasteiger partial charge >= 0.3 is 183 Å². The SMILES string of the molecule is CCCCCCCC/C(OS(=O)(=O)c1ccc(C)cc1)=C(/C)[Se]c1ccccc1. The first-order valence-electron chi connectivity index (χ1n) is 10.4. The number of hydrogen-bond donors (Lipinski definition) is 0. The van der Waals surface area contributed by atoms with Gasteiger partial charge < -0.3 is 0 Å². The number of rotatable bonds is 12. The predicted molar refractivity (Wildman–Crippen MR) is 122 cm³/mol. The van der Waals surface area contributed by atoms with Gasteiger partial charge in [0.15, 0.2) is 0 Å². The van der Waals surface area contributed by atoms with Crippen molar-refractivity contribution in [3.63, 3.8) is 0 Å². The normalized spacial score (nSPS) is 12.5. The van der Waals surface area contributed by atoms with Crippen LogP contribution in [-0.4, -0.2) is 23.4 Å². The molecule has 29 heavy (non-hydrogen) atoms. The van der Waals surface area contributed by atoms with Crippen LogP contribution in [0.5, 0.6) is 0 Å². The van der Waals surface area contributed by atoms with E-state index >= 15 is 0 Å². The van der Waals surface area contributed by atoms with Crippen LogP contribution in [0.3, 0.4) is 0 Å². The second-order valence-electron chi connectivity index (χ2n) is 7.26. The van der Waals surface area contributed by atoms with E-state index in [0.717, 1.165) is 22.9 Å². The van der Waals surface area contributed by atoms with Crippen LogP contribution < -0.4 is 4.46 Å². The number of hydrogen-bond acceptors (Lipinski definition) is 3. The van der Waals surface area contributed by atoms with E-state index in [2.05, 4.69) is 19.1 Å². The van der Waals surface area contributed by atoms with Gasteiger partial charge in [-0.2, -0.15) is 0 Å². The molecule has 158 valence electrons. The average Bonchev–Trinajstić information content (AvgIpc) is 2.70. The van der Waals surface area contributed by atoms with Crippen LogP contribution in [0, 0.1) is 6.92 Å². The molecule has 0 unspecified atom stereocenters. The molecule has 5 heteroatoms. The first kappa shape index (κ1) is 23.7. The molecular formula is C24H32O3SSe. The van der Waals surface area contributed by atoms with Gasteiger partial charge in [-0.3, -0.25) is 0 Å². The minimum atomic E-state index is -3.81. The average molecular weight is 480 g/mol. The summed E-state index contributed by atoms with van der Waals surface area (Å²) in [4.78, 5) is 0.212. The molecule has 0 radical (unpaired) electrons. The van der Waals surface area contributed by atoms with E-state index in [4.69, 9.17) is 4.18 Å². The van der Waals surface area contributed by atoms with E-state index in [0.29, 0.717) is 12.2 Å². The Morgan fingerprint density at radius 1 is 0.897 bits per heavy atom. The van der Waals surface area contributed by atoms with Gasteiger partial charge in [0, 0.05) is 0 Å². The van der Waals surface area contributed by atoms with Gasteiger partial charge in [0.05, 0.1) is 0 Å². The van der Waals surface area contributed by atoms with Crippen LogP contribution in [0.25, 0.3) is 0 Å². The van der Waals surface area contributed by atoms with Crippen LogP contribution in [0.2, 0.25) is 0 Å². The Hall–Kier alpha value is -1.55. The molecule has 0 aliphatic rings. The summed E-state index contributed by atoms with van der Waals surface area (Å²) < 4.78 is 33.6. The quantitative estimate of drug-likeness (QED) is 0.169. The zero-order valence-electron chi connectivity index (χ0n) is 17.7. The first-order chi connectivity index (χ1) is 13.9. The molecule has 2 rings (SSSR count). The van der Waals surface area contributed by atoms with Gasteiger partial charge in [0.25, 0.3) is 0 Å². The molecule has 0 fully saturated rings. The van der Waals surface area contributed by atoms with Gasteiger partial charge in [-0.1, -0.05) is 0 Å². The Bertz CT molecular complexity index is 872. The van der Waals surface area contributed by atoms with Crippen molar-refractivity contribution >= 4 is 29.5 Å². The maximum atomic E-state index is 12.8. The van der Waals surface area contributed by atoms with Crippen LogP contribution >= 0.6 is 0 Å². The molecule has 3 nitrogen and oxygen atoms in total. The summed E-state index contributed by atoms with van der Waals surface area (Å²) in [5.41, 5.74) is 1.02. The molecule has 0 heterocycles. The van der Waals surface area contributed by atoms with E-state index in [-0.39, 0.29) is 19.9 Å². The fourth-order valence-corrected chi connectivity index (χ4v) is 6.01. The summed E-state index contributed by atoms with van der Waals surface area (Å²) in [5, 5.41) is 0. The summed E-state index contributed by atoms with van der Waals surface area (Å²) in [6, 6.07) is 17.0. The second-order valence-corrected chi connectivity index (χ2v) is 11.5. The Morgan fingerprint density at radius 2 is 1.52 bits per heavy atom. The summed E-state index contributed by atoms with van der Waals surface area (Å²) >= 11 is 0.0433. The Labute approximate surface area is 182 Å². The number of aryl methyl sites for hydroxylation is 1. The molecule has 0 aliphatic heterocycles. The van der Waals surface area contributed by atoms with Crippen molar-refractivity contribution in [3.05, 3.63) is 70.4 Å². The van der Waals surface area contributed by atoms with E-state index < -0.39 is 10.1 Å². The van der Waals surface area contributed by atoms with Gasteiger partial charge in [-0.05, 0) is 0 Å². The fraction of sp³-hybridized carbons (Fsp3) is 0.417. The number of allylic oxidation sites excluding steroid dienone is 2. The van der Waals surface area contributed by atoms with Crippen molar-refractivity contribution in [2.45, 2.75) is 70.6 Å². The van der Waals surface area contributed by atoms with Crippen LogP contribution in [0.4, 0.5) is 0 Å². The molecule has 2 aromatic carbocycles. The Morgan fingerprint density at radius 3 is 2.17 bits per heavy atom. The molecule has 0 N–H and O–H groups in total. The van der Waals surface area contributed by atoms with Crippen molar-refractivity contribution in [2.24, 2.45) is 0 Å². The Kier molecular flexibility index (Phi) is 9.99. The third-order valence-electron chi connectivity index (χ3n) is 4.68. The summed E-state index contributed by atoms with van der Waals surface area (Å²) in [7, 11) is -3.81. The second kappa shape index (κ2) is 12.2. The molecule has 0 atom stereocenters. The van der Waals surface area contributed by atoms with Crippen molar-refractivity contribution < 1.29 is 12.6 Å². The summed E-state index contributed by atoms with van der Waals surface area (Å²) in [5.74, 6) is 0.616. The molecule has 0 saturated heterocycles. The van der Waals surface area contributed by atoms with Crippen LogP contribution in [-0.2, 0) is 14.3 Å². The van der Waals surface area contributed by atoms with Crippen molar-refractivity contribution in [2.75, 3.05) is 0 Å². The third kappa shape index (κ3) is 8.38. The zero-order chi connectivity index (χ0) is 21.1. The molecule has 0 bridgehead atoms. The molecule has 0 amide bonds. The van der Waals surface area contributed by atoms with Gasteiger partial charge in [0.1, 0.15) is 0 Å². The van der Waals surface area contributed by atoms with Crippen molar-refractivity contribution in [3.8, 4) is 0 Å². The molecule has 0 aromatic heterocycles. The van der Waals surface area contributed by atoms with Crippen LogP contribution in [0.15, 0.2) is 69.7 Å². The third-order valence-corrected chi connectivity index (χ3v) is 8.14. The van der Waals surface area contributed by atoms with Gasteiger partial charge in [-0.15, -0.1) is 0 Å². The number of unbranched alkanes of at least 4 members (excludes halogenated alkanes) is 5. The zero-order valence-corrected chi connectivity index (χ0v) is 20.2. The molecule has 0 spiro atoms. The standard InChI is InChI=1S/C24H32O3SSe/c1-4-5-6-7-8-12-15-24(21(3)29-23-13-10-9-11-14-23)27-28(25,26)22-18-16-20(2)17-19-22/h9-11,13-14,16-19H,4-8,12,15H2,1-3H3/b24-21+. The maximum absolute atomic E-state index is 12.8. The van der Waals surface area contributed by atoms with Gasteiger partial charge in [0.2, 0.25) is 0 Å². The molecule has 2 aromatic rings. The monoisotopic (exact) mass is 480 g/mol. The molecule has 0 aliphatic carbocycles. The van der Waals surface area contributed by atoms with E-state index in [9.17, 15) is 8.42 Å². The van der Waals surface area contributed by atoms with E-state index in [1.807, 2.05) is 32.0 Å². The fourth-order valence-electron chi connectivity index (χ4n) is 2.95. The van der Waals surface area contributed by atoms with Gasteiger partial charge in [-0.25, -0.2) is 0 Å². The van der Waals surface area contributed by atoms with E-state index in [1.165, 1.54) is 30.1 Å². The van der Waals surface area contributed by atoms with E-state index in [1.54, 1.807) is 24.3 Å². The molecular weight excluding hydrogens is 447 g/mol. The minimum absolute atomic E-state index is 0.0433. The number of benzene rings is 2. The van der Waals surface area contributed by atoms with Crippen LogP contribution in [0.1, 0.15) is 64.4 Å². The van der Waals surface area contributed by atoms with Crippen molar-refractivity contribution in [1.82, 2.24) is 0 Å². The summed E-state index contributed by atoms with van der Waals surface area (Å²) in [6.45, 7) is 6.15. The predicted octanol–water partition coefficient (Wildman–Crippen LogP) is 5.71. The van der Waals surface area contributed by atoms with Crippen molar-refractivity contribution in [1.29, 1.82) is 0 Å². The topological polar surface area (TPSA) is 43.4 Å². The first-order valence-corrected chi connectivity index (χ1v) is 13.5. The molecule has 0 saturated carbocycles. The summed E-state index contributed by atoms with van der Waals surface area (Å²) in [6.07, 6.45) is 7.63. The Balaban J connectivity index is 2.14.